The second-order valence-electron chi connectivity index (χ2n) is 7.63. The Hall–Kier alpha value is -3.19. The van der Waals surface area contributed by atoms with E-state index in [2.05, 4.69) is 20.6 Å². The summed E-state index contributed by atoms with van der Waals surface area (Å²) >= 11 is 0. The average molecular weight is 389 g/mol. The molecule has 1 unspecified atom stereocenters. The van der Waals surface area contributed by atoms with Crippen molar-refractivity contribution in [3.63, 3.8) is 0 Å². The molecule has 2 aromatic carbocycles. The van der Waals surface area contributed by atoms with E-state index in [0.29, 0.717) is 11.4 Å². The van der Waals surface area contributed by atoms with Gasteiger partial charge in [-0.05, 0) is 43.2 Å². The van der Waals surface area contributed by atoms with Gasteiger partial charge in [0.15, 0.2) is 0 Å². The number of hydrogen-bond donors (Lipinski definition) is 1. The second kappa shape index (κ2) is 7.00. The quantitative estimate of drug-likeness (QED) is 0.582. The Bertz CT molecular complexity index is 1210. The highest BCUT2D eigenvalue weighted by Gasteiger charge is 2.30. The Balaban J connectivity index is 1.42. The van der Waals surface area contributed by atoms with Gasteiger partial charge in [-0.2, -0.15) is 0 Å². The normalized spacial score (nSPS) is 16.9. The van der Waals surface area contributed by atoms with Crippen LogP contribution in [0.5, 0.6) is 0 Å². The van der Waals surface area contributed by atoms with Gasteiger partial charge in [-0.3, -0.25) is 4.79 Å². The van der Waals surface area contributed by atoms with Crippen LogP contribution < -0.4 is 0 Å². The third-order valence-corrected chi connectivity index (χ3v) is 5.93. The fourth-order valence-electron chi connectivity index (χ4n) is 4.37. The van der Waals surface area contributed by atoms with E-state index in [-0.39, 0.29) is 18.6 Å². The lowest BCUT2D eigenvalue weighted by Gasteiger charge is -2.25. The van der Waals surface area contributed by atoms with Gasteiger partial charge in [0.25, 0.3) is 5.91 Å². The van der Waals surface area contributed by atoms with Crippen LogP contribution in [-0.2, 0) is 20.2 Å². The van der Waals surface area contributed by atoms with Gasteiger partial charge in [0.1, 0.15) is 12.4 Å². The number of hydrogen-bond acceptors (Lipinski definition) is 4. The Morgan fingerprint density at radius 3 is 2.90 bits per heavy atom. The minimum atomic E-state index is -0.123. The number of aliphatic hydroxyl groups excluding tert-OH is 1. The molecule has 2 aromatic heterocycles. The molecular weight excluding hydrogens is 366 g/mol. The molecule has 7 heteroatoms. The number of para-hydroxylation sites is 2. The predicted octanol–water partition coefficient (Wildman–Crippen LogP) is 2.72. The Kier molecular flexibility index (Phi) is 4.32. The van der Waals surface area contributed by atoms with Gasteiger partial charge in [-0.15, -0.1) is 0 Å². The first-order valence-electron chi connectivity index (χ1n) is 9.93. The molecular formula is C22H23N5O2. The van der Waals surface area contributed by atoms with Gasteiger partial charge in [0, 0.05) is 25.7 Å². The van der Waals surface area contributed by atoms with E-state index >= 15 is 0 Å². The fraction of sp³-hybridized carbons (Fsp3) is 0.318. The maximum absolute atomic E-state index is 13.3. The number of fused-ring (bicyclic) bond motifs is 2. The van der Waals surface area contributed by atoms with Gasteiger partial charge in [-0.1, -0.05) is 12.1 Å². The standard InChI is InChI=1S/C22H23N5O2/c1-25-19-9-8-15(11-18(19)24-21(25)13-28)22(29)27-10-4-5-16(27)12-26-14-23-17-6-2-3-7-20(17)26/h2-3,6-9,11,14,16,28H,4-5,10,12-13H2,1H3. The van der Waals surface area contributed by atoms with Gasteiger partial charge in [0.05, 0.1) is 34.4 Å². The van der Waals surface area contributed by atoms with Gasteiger partial charge in [-0.25, -0.2) is 9.97 Å². The topological polar surface area (TPSA) is 76.2 Å². The Morgan fingerprint density at radius 1 is 1.17 bits per heavy atom. The molecule has 5 rings (SSSR count). The summed E-state index contributed by atoms with van der Waals surface area (Å²) in [6.45, 7) is 1.38. The van der Waals surface area contributed by atoms with Crippen molar-refractivity contribution in [2.45, 2.75) is 32.0 Å². The lowest BCUT2D eigenvalue weighted by molar-refractivity contribution is 0.0725. The highest BCUT2D eigenvalue weighted by atomic mass is 16.3. The molecule has 1 aliphatic heterocycles. The largest absolute Gasteiger partial charge is 0.388 e. The molecule has 0 radical (unpaired) electrons. The first kappa shape index (κ1) is 17.9. The zero-order valence-corrected chi connectivity index (χ0v) is 16.3. The number of carbonyl (C=O) groups is 1. The van der Waals surface area contributed by atoms with Crippen LogP contribution in [0.25, 0.3) is 22.1 Å². The van der Waals surface area contributed by atoms with Crippen LogP contribution in [0.2, 0.25) is 0 Å². The van der Waals surface area contributed by atoms with Crippen molar-refractivity contribution in [2.24, 2.45) is 7.05 Å². The number of aryl methyl sites for hydroxylation is 1. The van der Waals surface area contributed by atoms with E-state index in [0.717, 1.165) is 48.0 Å². The van der Waals surface area contributed by atoms with Crippen LogP contribution >= 0.6 is 0 Å². The first-order valence-corrected chi connectivity index (χ1v) is 9.93. The molecule has 148 valence electrons. The molecule has 1 atom stereocenters. The molecule has 3 heterocycles. The SMILES string of the molecule is Cn1c(CO)nc2cc(C(=O)N3CCCC3Cn3cnc4ccccc43)ccc21. The first-order chi connectivity index (χ1) is 14.2. The van der Waals surface area contributed by atoms with Crippen molar-refractivity contribution in [3.8, 4) is 0 Å². The molecule has 0 bridgehead atoms. The number of amides is 1. The summed E-state index contributed by atoms with van der Waals surface area (Å²) in [4.78, 5) is 24.2. The summed E-state index contributed by atoms with van der Waals surface area (Å²) in [7, 11) is 1.87. The van der Waals surface area contributed by atoms with Crippen LogP contribution in [0.4, 0.5) is 0 Å². The maximum Gasteiger partial charge on any atom is 0.254 e. The lowest BCUT2D eigenvalue weighted by atomic mass is 10.1. The van der Waals surface area contributed by atoms with Gasteiger partial charge in [0.2, 0.25) is 0 Å². The van der Waals surface area contributed by atoms with E-state index in [1.54, 1.807) is 0 Å². The Morgan fingerprint density at radius 2 is 2.03 bits per heavy atom. The van der Waals surface area contributed by atoms with Gasteiger partial charge >= 0.3 is 0 Å². The summed E-state index contributed by atoms with van der Waals surface area (Å²) in [5.41, 5.74) is 4.36. The molecule has 1 saturated heterocycles. The highest BCUT2D eigenvalue weighted by molar-refractivity contribution is 5.97. The van der Waals surface area contributed by atoms with Crippen molar-refractivity contribution >= 4 is 28.0 Å². The second-order valence-corrected chi connectivity index (χ2v) is 7.63. The predicted molar refractivity (Wildman–Crippen MR) is 110 cm³/mol. The summed E-state index contributed by atoms with van der Waals surface area (Å²) in [5.74, 6) is 0.630. The van der Waals surface area contributed by atoms with Crippen molar-refractivity contribution < 1.29 is 9.90 Å². The van der Waals surface area contributed by atoms with Crippen molar-refractivity contribution in [3.05, 3.63) is 60.2 Å². The molecule has 0 spiro atoms. The number of imidazole rings is 2. The average Bonchev–Trinajstić information content (AvgIpc) is 3.46. The van der Waals surface area contributed by atoms with Crippen molar-refractivity contribution in [1.82, 2.24) is 24.0 Å². The number of likely N-dealkylation sites (tertiary alicyclic amines) is 1. The lowest BCUT2D eigenvalue weighted by Crippen LogP contribution is -2.38. The van der Waals surface area contributed by atoms with Crippen molar-refractivity contribution in [2.75, 3.05) is 6.54 Å². The molecule has 1 fully saturated rings. The number of aliphatic hydroxyl groups is 1. The molecule has 1 aliphatic rings. The summed E-state index contributed by atoms with van der Waals surface area (Å²) < 4.78 is 3.99. The molecule has 4 aromatic rings. The minimum absolute atomic E-state index is 0.0371. The summed E-state index contributed by atoms with van der Waals surface area (Å²) in [6.07, 6.45) is 3.85. The maximum atomic E-state index is 13.3. The molecule has 1 N–H and O–H groups in total. The third-order valence-electron chi connectivity index (χ3n) is 5.93. The van der Waals surface area contributed by atoms with Crippen LogP contribution in [0.15, 0.2) is 48.8 Å². The molecule has 7 nitrogen and oxygen atoms in total. The van der Waals surface area contributed by atoms with E-state index < -0.39 is 0 Å². The van der Waals surface area contributed by atoms with Crippen molar-refractivity contribution in [1.29, 1.82) is 0 Å². The molecule has 0 saturated carbocycles. The van der Waals surface area contributed by atoms with Crippen LogP contribution in [0.1, 0.15) is 29.0 Å². The number of rotatable bonds is 4. The Labute approximate surface area is 168 Å². The molecule has 0 aliphatic carbocycles. The monoisotopic (exact) mass is 389 g/mol. The van der Waals surface area contributed by atoms with E-state index in [1.165, 1.54) is 0 Å². The number of benzene rings is 2. The summed E-state index contributed by atoms with van der Waals surface area (Å²) in [5, 5.41) is 9.44. The minimum Gasteiger partial charge on any atom is -0.388 e. The molecule has 29 heavy (non-hydrogen) atoms. The van der Waals surface area contributed by atoms with Crippen LogP contribution in [0.3, 0.4) is 0 Å². The number of nitrogens with zero attached hydrogens (tertiary/aromatic N) is 5. The molecule has 1 amide bonds. The zero-order valence-electron chi connectivity index (χ0n) is 16.3. The summed E-state index contributed by atoms with van der Waals surface area (Å²) in [6, 6.07) is 13.8. The van der Waals surface area contributed by atoms with E-state index in [1.807, 2.05) is 59.2 Å². The highest BCUT2D eigenvalue weighted by Crippen LogP contribution is 2.25. The smallest absolute Gasteiger partial charge is 0.254 e. The van der Waals surface area contributed by atoms with Gasteiger partial charge < -0.3 is 19.1 Å². The number of carbonyl (C=O) groups excluding carboxylic acids is 1. The number of aromatic nitrogens is 4. The zero-order chi connectivity index (χ0) is 20.0. The third kappa shape index (κ3) is 2.98. The van der Waals surface area contributed by atoms with E-state index in [4.69, 9.17) is 0 Å². The fourth-order valence-corrected chi connectivity index (χ4v) is 4.37. The van der Waals surface area contributed by atoms with E-state index in [9.17, 15) is 9.90 Å². The van der Waals surface area contributed by atoms with Crippen LogP contribution in [-0.4, -0.2) is 47.6 Å². The van der Waals surface area contributed by atoms with Crippen LogP contribution in [0, 0.1) is 0 Å².